The van der Waals surface area contributed by atoms with Crippen molar-refractivity contribution in [3.63, 3.8) is 0 Å². The van der Waals surface area contributed by atoms with Crippen LogP contribution in [0.4, 0.5) is 5.82 Å². The molecule has 1 aromatic carbocycles. The molecular formula is C19H25N5O. The summed E-state index contributed by atoms with van der Waals surface area (Å²) in [5.74, 6) is 1.30. The fourth-order valence-corrected chi connectivity index (χ4v) is 3.19. The van der Waals surface area contributed by atoms with Gasteiger partial charge in [0.05, 0.1) is 6.54 Å². The Kier molecular flexibility index (Phi) is 4.99. The third-order valence-corrected chi connectivity index (χ3v) is 4.95. The molecule has 2 aromatic rings. The van der Waals surface area contributed by atoms with E-state index in [0.29, 0.717) is 24.2 Å². The van der Waals surface area contributed by atoms with Gasteiger partial charge >= 0.3 is 0 Å². The molecule has 3 rings (SSSR count). The molecule has 1 aliphatic heterocycles. The van der Waals surface area contributed by atoms with Gasteiger partial charge in [-0.25, -0.2) is 9.97 Å². The quantitative estimate of drug-likeness (QED) is 0.922. The van der Waals surface area contributed by atoms with Gasteiger partial charge in [-0.3, -0.25) is 9.69 Å². The Bertz CT molecular complexity index is 776. The van der Waals surface area contributed by atoms with Crippen molar-refractivity contribution < 1.29 is 4.79 Å². The van der Waals surface area contributed by atoms with Crippen molar-refractivity contribution in [3.05, 3.63) is 53.0 Å². The first-order valence-electron chi connectivity index (χ1n) is 8.58. The highest BCUT2D eigenvalue weighted by Gasteiger charge is 2.29. The number of likely N-dealkylation sites (tertiary alicyclic amines) is 1. The number of hydrogen-bond donors (Lipinski definition) is 1. The van der Waals surface area contributed by atoms with Gasteiger partial charge in [-0.2, -0.15) is 0 Å². The Morgan fingerprint density at radius 1 is 1.32 bits per heavy atom. The number of aryl methyl sites for hydroxylation is 2. The van der Waals surface area contributed by atoms with Crippen LogP contribution in [0.25, 0.3) is 0 Å². The lowest BCUT2D eigenvalue weighted by atomic mass is 10.1. The number of nitrogens with zero attached hydrogens (tertiary/aromatic N) is 4. The molecule has 2 heterocycles. The molecule has 132 valence electrons. The normalized spacial score (nSPS) is 17.3. The van der Waals surface area contributed by atoms with Gasteiger partial charge in [0, 0.05) is 30.9 Å². The second-order valence-electron chi connectivity index (χ2n) is 6.81. The summed E-state index contributed by atoms with van der Waals surface area (Å²) in [7, 11) is 2.04. The summed E-state index contributed by atoms with van der Waals surface area (Å²) in [6.07, 6.45) is 2.63. The zero-order valence-corrected chi connectivity index (χ0v) is 15.1. The summed E-state index contributed by atoms with van der Waals surface area (Å²) in [5.41, 5.74) is 8.84. The van der Waals surface area contributed by atoms with Crippen LogP contribution in [0.5, 0.6) is 0 Å². The van der Waals surface area contributed by atoms with E-state index in [9.17, 15) is 4.79 Å². The van der Waals surface area contributed by atoms with Crippen LogP contribution in [0.1, 0.15) is 33.7 Å². The Morgan fingerprint density at radius 3 is 2.84 bits per heavy atom. The first kappa shape index (κ1) is 17.4. The van der Waals surface area contributed by atoms with Gasteiger partial charge < -0.3 is 10.6 Å². The molecule has 0 bridgehead atoms. The van der Waals surface area contributed by atoms with Crippen LogP contribution < -0.4 is 5.73 Å². The van der Waals surface area contributed by atoms with Crippen molar-refractivity contribution in [1.29, 1.82) is 0 Å². The smallest absolute Gasteiger partial charge is 0.253 e. The minimum atomic E-state index is 0.110. The van der Waals surface area contributed by atoms with E-state index < -0.39 is 0 Å². The molecule has 25 heavy (non-hydrogen) atoms. The summed E-state index contributed by atoms with van der Waals surface area (Å²) in [5, 5.41) is 0. The first-order valence-corrected chi connectivity index (χ1v) is 8.58. The lowest BCUT2D eigenvalue weighted by Crippen LogP contribution is -2.36. The Balaban J connectivity index is 1.62. The number of carbonyl (C=O) groups excluding carboxylic acids is 1. The minimum Gasteiger partial charge on any atom is -0.384 e. The van der Waals surface area contributed by atoms with Gasteiger partial charge in [-0.1, -0.05) is 6.07 Å². The largest absolute Gasteiger partial charge is 0.384 e. The molecule has 0 radical (unpaired) electrons. The van der Waals surface area contributed by atoms with Gasteiger partial charge in [0.25, 0.3) is 5.91 Å². The molecule has 1 aromatic heterocycles. The summed E-state index contributed by atoms with van der Waals surface area (Å²) in [6, 6.07) is 7.90. The SMILES string of the molecule is Cc1ccc(C(=O)N2CC[C@@H](N(C)Cc3nccc(N)n3)C2)cc1C. The maximum atomic E-state index is 12.7. The number of benzene rings is 1. The standard InChI is InChI=1S/C19H25N5O/c1-13-4-5-15(10-14(13)2)19(25)24-9-7-16(11-24)23(3)12-18-21-8-6-17(20)22-18/h4-6,8,10,16H,7,9,11-12H2,1-3H3,(H2,20,21,22)/t16-/m1/s1. The summed E-state index contributed by atoms with van der Waals surface area (Å²) < 4.78 is 0. The highest BCUT2D eigenvalue weighted by atomic mass is 16.2. The van der Waals surface area contributed by atoms with Gasteiger partial charge in [-0.15, -0.1) is 0 Å². The average Bonchev–Trinajstić information content (AvgIpc) is 3.07. The number of carbonyl (C=O) groups is 1. The van der Waals surface area contributed by atoms with Gasteiger partial charge in [0.15, 0.2) is 0 Å². The molecule has 1 atom stereocenters. The van der Waals surface area contributed by atoms with E-state index >= 15 is 0 Å². The number of nitrogen functional groups attached to an aromatic ring is 1. The van der Waals surface area contributed by atoms with Crippen LogP contribution in [0.2, 0.25) is 0 Å². The van der Waals surface area contributed by atoms with E-state index in [-0.39, 0.29) is 5.91 Å². The Morgan fingerprint density at radius 2 is 2.12 bits per heavy atom. The van der Waals surface area contributed by atoms with Crippen LogP contribution >= 0.6 is 0 Å². The zero-order valence-electron chi connectivity index (χ0n) is 15.1. The molecule has 2 N–H and O–H groups in total. The van der Waals surface area contributed by atoms with Crippen molar-refractivity contribution >= 4 is 11.7 Å². The van der Waals surface area contributed by atoms with E-state index in [0.717, 1.165) is 30.6 Å². The summed E-state index contributed by atoms with van der Waals surface area (Å²) in [4.78, 5) is 25.4. The maximum absolute atomic E-state index is 12.7. The second kappa shape index (κ2) is 7.19. The monoisotopic (exact) mass is 339 g/mol. The fourth-order valence-electron chi connectivity index (χ4n) is 3.19. The average molecular weight is 339 g/mol. The van der Waals surface area contributed by atoms with Crippen molar-refractivity contribution in [3.8, 4) is 0 Å². The molecule has 0 unspecified atom stereocenters. The van der Waals surface area contributed by atoms with Crippen LogP contribution in [0.15, 0.2) is 30.5 Å². The number of anilines is 1. The number of likely N-dealkylation sites (N-methyl/N-ethyl adjacent to an activating group) is 1. The third kappa shape index (κ3) is 3.96. The molecule has 1 aliphatic rings. The third-order valence-electron chi connectivity index (χ3n) is 4.95. The predicted molar refractivity (Wildman–Crippen MR) is 98.1 cm³/mol. The minimum absolute atomic E-state index is 0.110. The molecule has 6 nitrogen and oxygen atoms in total. The van der Waals surface area contributed by atoms with Crippen molar-refractivity contribution in [2.45, 2.75) is 32.9 Å². The van der Waals surface area contributed by atoms with Crippen LogP contribution in [0.3, 0.4) is 0 Å². The van der Waals surface area contributed by atoms with E-state index in [2.05, 4.69) is 21.8 Å². The van der Waals surface area contributed by atoms with Crippen LogP contribution in [-0.4, -0.2) is 51.9 Å². The number of hydrogen-bond acceptors (Lipinski definition) is 5. The molecule has 0 spiro atoms. The van der Waals surface area contributed by atoms with Crippen molar-refractivity contribution in [2.75, 3.05) is 25.9 Å². The number of nitrogens with two attached hydrogens (primary N) is 1. The summed E-state index contributed by atoms with van der Waals surface area (Å²) in [6.45, 7) is 6.23. The zero-order chi connectivity index (χ0) is 18.0. The van der Waals surface area contributed by atoms with Crippen LogP contribution in [-0.2, 0) is 6.54 Å². The van der Waals surface area contributed by atoms with Crippen molar-refractivity contribution in [1.82, 2.24) is 19.8 Å². The number of amides is 1. The Labute approximate surface area is 148 Å². The lowest BCUT2D eigenvalue weighted by Gasteiger charge is -2.24. The molecular weight excluding hydrogens is 314 g/mol. The summed E-state index contributed by atoms with van der Waals surface area (Å²) >= 11 is 0. The molecule has 0 aliphatic carbocycles. The number of aromatic nitrogens is 2. The lowest BCUT2D eigenvalue weighted by molar-refractivity contribution is 0.0779. The fraction of sp³-hybridized carbons (Fsp3) is 0.421. The topological polar surface area (TPSA) is 75.4 Å². The molecule has 0 saturated carbocycles. The van der Waals surface area contributed by atoms with E-state index in [1.165, 1.54) is 5.56 Å². The van der Waals surface area contributed by atoms with Gasteiger partial charge in [0.2, 0.25) is 0 Å². The van der Waals surface area contributed by atoms with E-state index in [1.54, 1.807) is 12.3 Å². The molecule has 6 heteroatoms. The molecule has 1 amide bonds. The van der Waals surface area contributed by atoms with E-state index in [4.69, 9.17) is 5.73 Å². The number of rotatable bonds is 4. The predicted octanol–water partition coefficient (Wildman–Crippen LogP) is 2.02. The van der Waals surface area contributed by atoms with E-state index in [1.807, 2.05) is 37.1 Å². The highest BCUT2D eigenvalue weighted by molar-refractivity contribution is 5.94. The van der Waals surface area contributed by atoms with Crippen molar-refractivity contribution in [2.24, 2.45) is 0 Å². The maximum Gasteiger partial charge on any atom is 0.253 e. The highest BCUT2D eigenvalue weighted by Crippen LogP contribution is 2.19. The second-order valence-corrected chi connectivity index (χ2v) is 6.81. The Hall–Kier alpha value is -2.47. The molecule has 1 fully saturated rings. The van der Waals surface area contributed by atoms with Gasteiger partial charge in [-0.05, 0) is 56.6 Å². The van der Waals surface area contributed by atoms with Crippen LogP contribution in [0, 0.1) is 13.8 Å². The first-order chi connectivity index (χ1) is 11.9. The molecule has 1 saturated heterocycles. The van der Waals surface area contributed by atoms with Gasteiger partial charge in [0.1, 0.15) is 11.6 Å².